The summed E-state index contributed by atoms with van der Waals surface area (Å²) >= 11 is 6.25. The molecular formula is C23H17ClN4. The van der Waals surface area contributed by atoms with E-state index in [0.29, 0.717) is 10.7 Å². The number of rotatable bonds is 3. The van der Waals surface area contributed by atoms with Gasteiger partial charge in [-0.1, -0.05) is 54.9 Å². The number of aromatic nitrogens is 4. The van der Waals surface area contributed by atoms with Crippen molar-refractivity contribution in [1.29, 1.82) is 0 Å². The highest BCUT2D eigenvalue weighted by Crippen LogP contribution is 2.29. The molecule has 0 fully saturated rings. The van der Waals surface area contributed by atoms with E-state index in [1.165, 1.54) is 5.56 Å². The van der Waals surface area contributed by atoms with Gasteiger partial charge < -0.3 is 0 Å². The van der Waals surface area contributed by atoms with Crippen molar-refractivity contribution < 1.29 is 0 Å². The molecule has 5 rings (SSSR count). The molecule has 0 unspecified atom stereocenters. The fourth-order valence-electron chi connectivity index (χ4n) is 3.40. The number of nitrogens with zero attached hydrogens (tertiary/aromatic N) is 4. The smallest absolute Gasteiger partial charge is 0.199 e. The molecule has 0 N–H and O–H groups in total. The minimum atomic E-state index is 0.619. The van der Waals surface area contributed by atoms with Crippen LogP contribution in [0.25, 0.3) is 39.4 Å². The lowest BCUT2D eigenvalue weighted by atomic mass is 10.1. The number of para-hydroxylation sites is 2. The van der Waals surface area contributed by atoms with E-state index in [1.54, 1.807) is 0 Å². The number of halogens is 1. The summed E-state index contributed by atoms with van der Waals surface area (Å²) in [6.45, 7) is 2.15. The summed E-state index contributed by atoms with van der Waals surface area (Å²) in [7, 11) is 0. The van der Waals surface area contributed by atoms with Crippen molar-refractivity contribution in [3.05, 3.63) is 83.4 Å². The van der Waals surface area contributed by atoms with Gasteiger partial charge in [0, 0.05) is 16.3 Å². The zero-order valence-electron chi connectivity index (χ0n) is 15.3. The first-order chi connectivity index (χ1) is 13.7. The molecule has 5 heteroatoms. The van der Waals surface area contributed by atoms with Crippen molar-refractivity contribution in [2.24, 2.45) is 0 Å². The number of hydrogen-bond donors (Lipinski definition) is 0. The van der Waals surface area contributed by atoms with E-state index >= 15 is 0 Å². The maximum absolute atomic E-state index is 6.25. The third kappa shape index (κ3) is 2.83. The first-order valence-electron chi connectivity index (χ1n) is 9.23. The Kier molecular flexibility index (Phi) is 4.06. The highest BCUT2D eigenvalue weighted by molar-refractivity contribution is 6.30. The Bertz CT molecular complexity index is 1310. The van der Waals surface area contributed by atoms with Crippen molar-refractivity contribution in [3.63, 3.8) is 0 Å². The first kappa shape index (κ1) is 16.9. The summed E-state index contributed by atoms with van der Waals surface area (Å²) in [4.78, 5) is 14.4. The molecule has 0 aliphatic carbocycles. The summed E-state index contributed by atoms with van der Waals surface area (Å²) < 4.78 is 2.06. The third-order valence-electron chi connectivity index (χ3n) is 4.86. The van der Waals surface area contributed by atoms with E-state index in [9.17, 15) is 0 Å². The molecular weight excluding hydrogens is 368 g/mol. The summed E-state index contributed by atoms with van der Waals surface area (Å²) in [6, 6.07) is 24.0. The molecule has 0 bridgehead atoms. The molecule has 0 saturated heterocycles. The first-order valence-corrected chi connectivity index (χ1v) is 9.61. The molecule has 2 heterocycles. The van der Waals surface area contributed by atoms with Crippen LogP contribution in [0, 0.1) is 0 Å². The van der Waals surface area contributed by atoms with Crippen molar-refractivity contribution in [2.45, 2.75) is 13.3 Å². The van der Waals surface area contributed by atoms with E-state index in [2.05, 4.69) is 35.8 Å². The Hall–Kier alpha value is -3.24. The molecule has 136 valence electrons. The van der Waals surface area contributed by atoms with E-state index in [4.69, 9.17) is 26.6 Å². The Balaban J connectivity index is 1.84. The molecule has 5 aromatic rings. The van der Waals surface area contributed by atoms with E-state index in [-0.39, 0.29) is 0 Å². The van der Waals surface area contributed by atoms with Gasteiger partial charge in [0.1, 0.15) is 5.82 Å². The monoisotopic (exact) mass is 384 g/mol. The maximum Gasteiger partial charge on any atom is 0.199 e. The molecule has 0 atom stereocenters. The SMILES string of the molecule is CCc1ccc(-n2c(-c3cccc(Cl)c3)nc3nc4ccccc4nc32)cc1. The molecule has 2 aromatic heterocycles. The molecule has 4 nitrogen and oxygen atoms in total. The maximum atomic E-state index is 6.25. The van der Waals surface area contributed by atoms with Crippen LogP contribution in [-0.4, -0.2) is 19.5 Å². The van der Waals surface area contributed by atoms with Gasteiger partial charge >= 0.3 is 0 Å². The van der Waals surface area contributed by atoms with Gasteiger partial charge in [0.2, 0.25) is 0 Å². The number of imidazole rings is 1. The van der Waals surface area contributed by atoms with Crippen LogP contribution in [0.5, 0.6) is 0 Å². The standard InChI is InChI=1S/C23H17ClN4/c1-2-15-10-12-18(13-11-15)28-22(16-6-5-7-17(24)14-16)27-21-23(28)26-20-9-4-3-8-19(20)25-21/h3-14H,2H2,1H3. The molecule has 3 aromatic carbocycles. The fourth-order valence-corrected chi connectivity index (χ4v) is 3.59. The predicted octanol–water partition coefficient (Wildman–Crippen LogP) is 5.85. The lowest BCUT2D eigenvalue weighted by Crippen LogP contribution is -1.99. The van der Waals surface area contributed by atoms with Crippen LogP contribution in [-0.2, 0) is 6.42 Å². The molecule has 0 spiro atoms. The fraction of sp³-hybridized carbons (Fsp3) is 0.0870. The quantitative estimate of drug-likeness (QED) is 0.391. The van der Waals surface area contributed by atoms with Crippen LogP contribution in [0.1, 0.15) is 12.5 Å². The summed E-state index contributed by atoms with van der Waals surface area (Å²) in [5.41, 5.74) is 6.24. The number of hydrogen-bond acceptors (Lipinski definition) is 3. The van der Waals surface area contributed by atoms with E-state index in [1.807, 2.05) is 48.5 Å². The van der Waals surface area contributed by atoms with Crippen LogP contribution >= 0.6 is 11.6 Å². The Morgan fingerprint density at radius 2 is 1.57 bits per heavy atom. The second-order valence-electron chi connectivity index (χ2n) is 6.66. The van der Waals surface area contributed by atoms with E-state index in [0.717, 1.165) is 40.2 Å². The van der Waals surface area contributed by atoms with Gasteiger partial charge in [-0.2, -0.15) is 0 Å². The van der Waals surface area contributed by atoms with Crippen LogP contribution < -0.4 is 0 Å². The van der Waals surface area contributed by atoms with Gasteiger partial charge in [0.25, 0.3) is 0 Å². The normalized spacial score (nSPS) is 11.4. The number of aryl methyl sites for hydroxylation is 1. The topological polar surface area (TPSA) is 43.6 Å². The molecule has 28 heavy (non-hydrogen) atoms. The largest absolute Gasteiger partial charge is 0.275 e. The van der Waals surface area contributed by atoms with Gasteiger partial charge in [-0.3, -0.25) is 4.57 Å². The molecule has 0 radical (unpaired) electrons. The molecule has 0 saturated carbocycles. The summed E-state index contributed by atoms with van der Waals surface area (Å²) in [6.07, 6.45) is 0.997. The average Bonchev–Trinajstić information content (AvgIpc) is 3.10. The number of fused-ring (bicyclic) bond motifs is 2. The third-order valence-corrected chi connectivity index (χ3v) is 5.09. The zero-order chi connectivity index (χ0) is 19.1. The van der Waals surface area contributed by atoms with Gasteiger partial charge in [0.05, 0.1) is 11.0 Å². The predicted molar refractivity (Wildman–Crippen MR) is 114 cm³/mol. The summed E-state index contributed by atoms with van der Waals surface area (Å²) in [5.74, 6) is 0.775. The van der Waals surface area contributed by atoms with Crippen molar-refractivity contribution in [3.8, 4) is 17.1 Å². The second kappa shape index (κ2) is 6.73. The second-order valence-corrected chi connectivity index (χ2v) is 7.10. The minimum absolute atomic E-state index is 0.619. The Morgan fingerprint density at radius 1 is 0.821 bits per heavy atom. The van der Waals surface area contributed by atoms with Gasteiger partial charge in [-0.25, -0.2) is 15.0 Å². The molecule has 0 aliphatic heterocycles. The lowest BCUT2D eigenvalue weighted by Gasteiger charge is -2.10. The Labute approximate surface area is 167 Å². The highest BCUT2D eigenvalue weighted by atomic mass is 35.5. The average molecular weight is 385 g/mol. The number of benzene rings is 3. The molecule has 0 amide bonds. The summed E-state index contributed by atoms with van der Waals surface area (Å²) in [5, 5.41) is 0.670. The van der Waals surface area contributed by atoms with Crippen molar-refractivity contribution in [2.75, 3.05) is 0 Å². The van der Waals surface area contributed by atoms with Crippen LogP contribution in [0.15, 0.2) is 72.8 Å². The minimum Gasteiger partial charge on any atom is -0.275 e. The molecule has 0 aliphatic rings. The Morgan fingerprint density at radius 3 is 2.29 bits per heavy atom. The van der Waals surface area contributed by atoms with Gasteiger partial charge in [0.15, 0.2) is 11.3 Å². The lowest BCUT2D eigenvalue weighted by molar-refractivity contribution is 1.07. The van der Waals surface area contributed by atoms with Crippen molar-refractivity contribution >= 4 is 33.9 Å². The highest BCUT2D eigenvalue weighted by Gasteiger charge is 2.17. The van der Waals surface area contributed by atoms with Gasteiger partial charge in [-0.15, -0.1) is 0 Å². The van der Waals surface area contributed by atoms with Crippen LogP contribution in [0.3, 0.4) is 0 Å². The zero-order valence-corrected chi connectivity index (χ0v) is 16.1. The van der Waals surface area contributed by atoms with Crippen LogP contribution in [0.2, 0.25) is 5.02 Å². The van der Waals surface area contributed by atoms with E-state index < -0.39 is 0 Å². The van der Waals surface area contributed by atoms with Crippen molar-refractivity contribution in [1.82, 2.24) is 19.5 Å². The van der Waals surface area contributed by atoms with Gasteiger partial charge in [-0.05, 0) is 48.4 Å². The van der Waals surface area contributed by atoms with Crippen LogP contribution in [0.4, 0.5) is 0 Å².